The molecule has 2 N–H and O–H groups in total. The van der Waals surface area contributed by atoms with Gasteiger partial charge in [-0.15, -0.1) is 11.3 Å². The summed E-state index contributed by atoms with van der Waals surface area (Å²) in [6.45, 7) is 0. The number of hydrogen-bond donors (Lipinski definition) is 2. The summed E-state index contributed by atoms with van der Waals surface area (Å²) in [7, 11) is 1.72. The molecule has 7 heteroatoms. The van der Waals surface area contributed by atoms with Gasteiger partial charge in [0.1, 0.15) is 10.7 Å². The molecule has 0 aromatic carbocycles. The van der Waals surface area contributed by atoms with E-state index >= 15 is 0 Å². The zero-order chi connectivity index (χ0) is 14.3. The Hall–Kier alpha value is -2.15. The first-order valence-electron chi connectivity index (χ1n) is 6.23. The van der Waals surface area contributed by atoms with Gasteiger partial charge in [0.15, 0.2) is 0 Å². The average Bonchev–Trinajstić information content (AvgIpc) is 3.03. The predicted molar refractivity (Wildman–Crippen MR) is 74.5 cm³/mol. The Kier molecular flexibility index (Phi) is 3.06. The number of aryl methyl sites for hydroxylation is 2. The number of aromatic carboxylic acids is 1. The maximum absolute atomic E-state index is 12.1. The highest BCUT2D eigenvalue weighted by atomic mass is 32.1. The number of anilines is 1. The van der Waals surface area contributed by atoms with Crippen molar-refractivity contribution < 1.29 is 14.7 Å². The van der Waals surface area contributed by atoms with Crippen LogP contribution in [0.1, 0.15) is 37.7 Å². The molecule has 0 atom stereocenters. The van der Waals surface area contributed by atoms with Crippen LogP contribution in [0.5, 0.6) is 0 Å². The van der Waals surface area contributed by atoms with Gasteiger partial charge in [0.2, 0.25) is 0 Å². The van der Waals surface area contributed by atoms with Crippen LogP contribution < -0.4 is 5.32 Å². The molecule has 3 rings (SSSR count). The molecule has 6 nitrogen and oxygen atoms in total. The number of carboxylic acid groups (broad SMARTS) is 1. The zero-order valence-corrected chi connectivity index (χ0v) is 11.7. The summed E-state index contributed by atoms with van der Waals surface area (Å²) in [5, 5.41) is 12.5. The minimum absolute atomic E-state index is 0.248. The summed E-state index contributed by atoms with van der Waals surface area (Å²) in [6, 6.07) is 0. The lowest BCUT2D eigenvalue weighted by molar-refractivity contribution is 0.0697. The van der Waals surface area contributed by atoms with Crippen LogP contribution in [0.3, 0.4) is 0 Å². The van der Waals surface area contributed by atoms with E-state index in [2.05, 4.69) is 10.3 Å². The van der Waals surface area contributed by atoms with Crippen molar-refractivity contribution in [1.29, 1.82) is 0 Å². The van der Waals surface area contributed by atoms with Crippen molar-refractivity contribution in [2.75, 3.05) is 5.32 Å². The van der Waals surface area contributed by atoms with Crippen LogP contribution >= 0.6 is 11.3 Å². The molecule has 0 saturated heterocycles. The van der Waals surface area contributed by atoms with Crippen LogP contribution in [-0.2, 0) is 19.9 Å². The lowest BCUT2D eigenvalue weighted by atomic mass is 10.1. The molecule has 0 aliphatic heterocycles. The molecule has 0 radical (unpaired) electrons. The highest BCUT2D eigenvalue weighted by Crippen LogP contribution is 2.39. The van der Waals surface area contributed by atoms with Gasteiger partial charge in [0.05, 0.1) is 18.1 Å². The maximum Gasteiger partial charge on any atom is 0.339 e. The SMILES string of the molecule is Cn1cncc1C(=O)Nc1sc2c(c1C(=O)O)CCC2. The molecule has 2 aromatic rings. The van der Waals surface area contributed by atoms with E-state index < -0.39 is 5.97 Å². The van der Waals surface area contributed by atoms with Crippen LogP contribution in [0.15, 0.2) is 12.5 Å². The van der Waals surface area contributed by atoms with Gasteiger partial charge in [-0.25, -0.2) is 9.78 Å². The molecule has 2 aromatic heterocycles. The molecule has 0 unspecified atom stereocenters. The maximum atomic E-state index is 12.1. The van der Waals surface area contributed by atoms with Gasteiger partial charge in [-0.1, -0.05) is 0 Å². The van der Waals surface area contributed by atoms with E-state index in [1.807, 2.05) is 0 Å². The van der Waals surface area contributed by atoms with Crippen LogP contribution in [0.2, 0.25) is 0 Å². The topological polar surface area (TPSA) is 84.2 Å². The second-order valence-electron chi connectivity index (χ2n) is 4.71. The van der Waals surface area contributed by atoms with Gasteiger partial charge in [-0.05, 0) is 24.8 Å². The Morgan fingerprint density at radius 1 is 1.45 bits per heavy atom. The van der Waals surface area contributed by atoms with Gasteiger partial charge in [0, 0.05) is 11.9 Å². The fourth-order valence-electron chi connectivity index (χ4n) is 2.46. The Bertz CT molecular complexity index is 702. The number of hydrogen-bond acceptors (Lipinski definition) is 4. The minimum Gasteiger partial charge on any atom is -0.478 e. The van der Waals surface area contributed by atoms with E-state index in [1.165, 1.54) is 23.9 Å². The number of nitrogens with zero attached hydrogens (tertiary/aromatic N) is 2. The van der Waals surface area contributed by atoms with E-state index in [4.69, 9.17) is 0 Å². The van der Waals surface area contributed by atoms with Crippen molar-refractivity contribution in [3.05, 3.63) is 34.2 Å². The van der Waals surface area contributed by atoms with Crippen molar-refractivity contribution in [2.45, 2.75) is 19.3 Å². The smallest absolute Gasteiger partial charge is 0.339 e. The molecule has 2 heterocycles. The molecule has 104 valence electrons. The van der Waals surface area contributed by atoms with Crippen molar-refractivity contribution in [3.8, 4) is 0 Å². The highest BCUT2D eigenvalue weighted by Gasteiger charge is 2.27. The Balaban J connectivity index is 1.94. The van der Waals surface area contributed by atoms with E-state index in [9.17, 15) is 14.7 Å². The summed E-state index contributed by atoms with van der Waals surface area (Å²) in [5.41, 5.74) is 1.52. The van der Waals surface area contributed by atoms with Gasteiger partial charge < -0.3 is 15.0 Å². The first kappa shape index (κ1) is 12.9. The third-order valence-corrected chi connectivity index (χ3v) is 4.62. The fraction of sp³-hybridized carbons (Fsp3) is 0.308. The number of fused-ring (bicyclic) bond motifs is 1. The van der Waals surface area contributed by atoms with Crippen LogP contribution in [0.25, 0.3) is 0 Å². The van der Waals surface area contributed by atoms with Crippen LogP contribution in [-0.4, -0.2) is 26.5 Å². The summed E-state index contributed by atoms with van der Waals surface area (Å²) in [6.07, 6.45) is 5.63. The number of amides is 1. The van der Waals surface area contributed by atoms with Crippen molar-refractivity contribution in [3.63, 3.8) is 0 Å². The number of thiophene rings is 1. The minimum atomic E-state index is -0.982. The van der Waals surface area contributed by atoms with Crippen molar-refractivity contribution >= 4 is 28.2 Å². The molecule has 1 aliphatic rings. The molecule has 0 saturated carbocycles. The summed E-state index contributed by atoms with van der Waals surface area (Å²) >= 11 is 1.37. The lowest BCUT2D eigenvalue weighted by Crippen LogP contribution is -2.16. The first-order chi connectivity index (χ1) is 9.58. The molecule has 0 spiro atoms. The molecule has 0 fully saturated rings. The molecule has 1 amide bonds. The number of nitrogens with one attached hydrogen (secondary N) is 1. The van der Waals surface area contributed by atoms with E-state index in [-0.39, 0.29) is 11.5 Å². The molecular formula is C13H13N3O3S. The third kappa shape index (κ3) is 2.00. The van der Waals surface area contributed by atoms with Crippen LogP contribution in [0, 0.1) is 0 Å². The van der Waals surface area contributed by atoms with Crippen molar-refractivity contribution in [1.82, 2.24) is 9.55 Å². The largest absolute Gasteiger partial charge is 0.478 e. The Morgan fingerprint density at radius 3 is 2.90 bits per heavy atom. The number of imidazole rings is 1. The van der Waals surface area contributed by atoms with E-state index in [0.29, 0.717) is 10.7 Å². The molecule has 0 bridgehead atoms. The van der Waals surface area contributed by atoms with Gasteiger partial charge in [-0.3, -0.25) is 4.79 Å². The Labute approximate surface area is 119 Å². The molecular weight excluding hydrogens is 278 g/mol. The quantitative estimate of drug-likeness (QED) is 0.905. The third-order valence-electron chi connectivity index (χ3n) is 3.41. The number of rotatable bonds is 3. The van der Waals surface area contributed by atoms with Crippen molar-refractivity contribution in [2.24, 2.45) is 7.05 Å². The second kappa shape index (κ2) is 4.75. The number of carbonyl (C=O) groups excluding carboxylic acids is 1. The first-order valence-corrected chi connectivity index (χ1v) is 7.05. The summed E-state index contributed by atoms with van der Waals surface area (Å²) < 4.78 is 1.59. The summed E-state index contributed by atoms with van der Waals surface area (Å²) in [5.74, 6) is -1.32. The fourth-order valence-corrected chi connectivity index (χ4v) is 3.74. The zero-order valence-electron chi connectivity index (χ0n) is 10.8. The molecule has 1 aliphatic carbocycles. The van der Waals surface area contributed by atoms with E-state index in [1.54, 1.807) is 11.6 Å². The standard InChI is InChI=1S/C13H13N3O3S/c1-16-6-14-5-8(16)11(17)15-12-10(13(18)19)7-3-2-4-9(7)20-12/h5-6H,2-4H2,1H3,(H,15,17)(H,18,19). The van der Waals surface area contributed by atoms with Gasteiger partial charge in [-0.2, -0.15) is 0 Å². The van der Waals surface area contributed by atoms with E-state index in [0.717, 1.165) is 29.7 Å². The van der Waals surface area contributed by atoms with Gasteiger partial charge >= 0.3 is 5.97 Å². The Morgan fingerprint density at radius 2 is 2.25 bits per heavy atom. The van der Waals surface area contributed by atoms with Gasteiger partial charge in [0.25, 0.3) is 5.91 Å². The normalized spacial score (nSPS) is 13.2. The predicted octanol–water partition coefficient (Wildman–Crippen LogP) is 1.92. The molecule has 20 heavy (non-hydrogen) atoms. The lowest BCUT2D eigenvalue weighted by Gasteiger charge is -2.05. The second-order valence-corrected chi connectivity index (χ2v) is 5.82. The van der Waals surface area contributed by atoms with Crippen LogP contribution in [0.4, 0.5) is 5.00 Å². The summed E-state index contributed by atoms with van der Waals surface area (Å²) in [4.78, 5) is 28.5. The highest BCUT2D eigenvalue weighted by molar-refractivity contribution is 7.17. The number of carboxylic acids is 1. The number of carbonyl (C=O) groups is 2. The average molecular weight is 291 g/mol. The number of aromatic nitrogens is 2. The monoisotopic (exact) mass is 291 g/mol.